The maximum atomic E-state index is 5.86. The summed E-state index contributed by atoms with van der Waals surface area (Å²) in [5.41, 5.74) is 0. The van der Waals surface area contributed by atoms with Gasteiger partial charge in [0.15, 0.2) is 4.90 Å². The molecule has 2 aromatic rings. The minimum Gasteiger partial charge on any atom is -0.491 e. The molecule has 0 spiro atoms. The SMILES string of the molecule is COCCOc1ccc([S+]2CCCC2)c2ccccc12. The van der Waals surface area contributed by atoms with E-state index in [9.17, 15) is 0 Å². The number of rotatable bonds is 5. The lowest BCUT2D eigenvalue weighted by Gasteiger charge is -2.11. The molecule has 2 nitrogen and oxygen atoms in total. The Balaban J connectivity index is 1.96. The van der Waals surface area contributed by atoms with Gasteiger partial charge in [0.25, 0.3) is 0 Å². The van der Waals surface area contributed by atoms with Gasteiger partial charge in [-0.25, -0.2) is 0 Å². The average Bonchev–Trinajstić information content (AvgIpc) is 3.01. The van der Waals surface area contributed by atoms with E-state index >= 15 is 0 Å². The second kappa shape index (κ2) is 6.51. The van der Waals surface area contributed by atoms with Gasteiger partial charge in [-0.2, -0.15) is 0 Å². The lowest BCUT2D eigenvalue weighted by atomic mass is 10.1. The lowest BCUT2D eigenvalue weighted by Crippen LogP contribution is -2.07. The molecular weight excluding hydrogens is 268 g/mol. The van der Waals surface area contributed by atoms with Crippen molar-refractivity contribution in [2.75, 3.05) is 31.8 Å². The number of ether oxygens (including phenoxy) is 2. The summed E-state index contributed by atoms with van der Waals surface area (Å²) in [7, 11) is 2.14. The molecule has 1 aliphatic heterocycles. The Bertz CT molecular complexity index is 576. The molecule has 0 radical (unpaired) electrons. The Kier molecular flexibility index (Phi) is 4.48. The molecular formula is C17H21O2S+. The molecule has 0 amide bonds. The van der Waals surface area contributed by atoms with Crippen molar-refractivity contribution in [3.05, 3.63) is 36.4 Å². The highest BCUT2D eigenvalue weighted by molar-refractivity contribution is 7.97. The first-order valence-electron chi connectivity index (χ1n) is 7.21. The van der Waals surface area contributed by atoms with Crippen molar-refractivity contribution < 1.29 is 9.47 Å². The zero-order valence-corrected chi connectivity index (χ0v) is 12.7. The summed E-state index contributed by atoms with van der Waals surface area (Å²) < 4.78 is 10.9. The van der Waals surface area contributed by atoms with Gasteiger partial charge < -0.3 is 9.47 Å². The number of benzene rings is 2. The van der Waals surface area contributed by atoms with Crippen molar-refractivity contribution >= 4 is 21.7 Å². The monoisotopic (exact) mass is 289 g/mol. The fourth-order valence-electron chi connectivity index (χ4n) is 2.73. The summed E-state index contributed by atoms with van der Waals surface area (Å²) in [5.74, 6) is 3.69. The third-order valence-corrected chi connectivity index (χ3v) is 6.27. The van der Waals surface area contributed by atoms with Crippen molar-refractivity contribution in [1.82, 2.24) is 0 Å². The molecule has 3 rings (SSSR count). The second-order valence-corrected chi connectivity index (χ2v) is 7.30. The zero-order chi connectivity index (χ0) is 13.8. The summed E-state index contributed by atoms with van der Waals surface area (Å²) in [4.78, 5) is 1.53. The summed E-state index contributed by atoms with van der Waals surface area (Å²) in [5, 5.41) is 2.60. The molecule has 1 fully saturated rings. The maximum absolute atomic E-state index is 5.86. The smallest absolute Gasteiger partial charge is 0.162 e. The molecule has 1 saturated heterocycles. The molecule has 1 heterocycles. The van der Waals surface area contributed by atoms with Crippen LogP contribution >= 0.6 is 0 Å². The van der Waals surface area contributed by atoms with Gasteiger partial charge >= 0.3 is 0 Å². The van der Waals surface area contributed by atoms with Crippen LogP contribution in [0.3, 0.4) is 0 Å². The lowest BCUT2D eigenvalue weighted by molar-refractivity contribution is 0.147. The first-order chi connectivity index (χ1) is 9.90. The van der Waals surface area contributed by atoms with E-state index < -0.39 is 0 Å². The Morgan fingerprint density at radius 1 is 0.950 bits per heavy atom. The van der Waals surface area contributed by atoms with Gasteiger partial charge in [-0.1, -0.05) is 18.2 Å². The van der Waals surface area contributed by atoms with Crippen molar-refractivity contribution in [1.29, 1.82) is 0 Å². The van der Waals surface area contributed by atoms with Crippen LogP contribution in [0.4, 0.5) is 0 Å². The highest BCUT2D eigenvalue weighted by Gasteiger charge is 2.29. The number of fused-ring (bicyclic) bond motifs is 1. The topological polar surface area (TPSA) is 18.5 Å². The Morgan fingerprint density at radius 3 is 2.45 bits per heavy atom. The van der Waals surface area contributed by atoms with E-state index in [1.54, 1.807) is 7.11 Å². The van der Waals surface area contributed by atoms with Crippen molar-refractivity contribution in [2.45, 2.75) is 17.7 Å². The Morgan fingerprint density at radius 2 is 1.70 bits per heavy atom. The highest BCUT2D eigenvalue weighted by Crippen LogP contribution is 2.34. The first-order valence-corrected chi connectivity index (χ1v) is 8.77. The van der Waals surface area contributed by atoms with Crippen LogP contribution < -0.4 is 4.74 Å². The average molecular weight is 289 g/mol. The van der Waals surface area contributed by atoms with Gasteiger partial charge in [0.1, 0.15) is 23.9 Å². The fraction of sp³-hybridized carbons (Fsp3) is 0.412. The number of hydrogen-bond acceptors (Lipinski definition) is 2. The Labute approximate surface area is 123 Å². The minimum atomic E-state index is 0.439. The van der Waals surface area contributed by atoms with E-state index in [0.717, 1.165) is 5.75 Å². The minimum absolute atomic E-state index is 0.439. The van der Waals surface area contributed by atoms with Gasteiger partial charge in [-0.05, 0) is 31.0 Å². The van der Waals surface area contributed by atoms with Gasteiger partial charge in [0.05, 0.1) is 6.61 Å². The summed E-state index contributed by atoms with van der Waals surface area (Å²) in [6, 6.07) is 13.0. The second-order valence-electron chi connectivity index (χ2n) is 5.06. The van der Waals surface area contributed by atoms with E-state index in [0.29, 0.717) is 24.1 Å². The van der Waals surface area contributed by atoms with Crippen LogP contribution in [0.25, 0.3) is 10.8 Å². The van der Waals surface area contributed by atoms with Crippen LogP contribution in [0.1, 0.15) is 12.8 Å². The third kappa shape index (κ3) is 2.79. The third-order valence-electron chi connectivity index (χ3n) is 3.73. The summed E-state index contributed by atoms with van der Waals surface area (Å²) in [6.45, 7) is 1.23. The fourth-order valence-corrected chi connectivity index (χ4v) is 5.23. The predicted octanol–water partition coefficient (Wildman–Crippen LogP) is 3.64. The molecule has 0 atom stereocenters. The number of methoxy groups -OCH3 is 1. The molecule has 106 valence electrons. The molecule has 2 aromatic carbocycles. The Hall–Kier alpha value is -1.19. The number of hydrogen-bond donors (Lipinski definition) is 0. The highest BCUT2D eigenvalue weighted by atomic mass is 32.2. The van der Waals surface area contributed by atoms with Crippen molar-refractivity contribution in [3.63, 3.8) is 0 Å². The van der Waals surface area contributed by atoms with Crippen LogP contribution in [0.15, 0.2) is 41.3 Å². The molecule has 0 bridgehead atoms. The van der Waals surface area contributed by atoms with Crippen LogP contribution in [0.5, 0.6) is 5.75 Å². The van der Waals surface area contributed by atoms with E-state index in [1.807, 2.05) is 0 Å². The van der Waals surface area contributed by atoms with Gasteiger partial charge in [-0.15, -0.1) is 0 Å². The summed E-state index contributed by atoms with van der Waals surface area (Å²) in [6.07, 6.45) is 2.76. The van der Waals surface area contributed by atoms with Crippen LogP contribution in [0.2, 0.25) is 0 Å². The molecule has 0 aromatic heterocycles. The normalized spacial score (nSPS) is 15.8. The molecule has 0 saturated carbocycles. The van der Waals surface area contributed by atoms with E-state index in [4.69, 9.17) is 9.47 Å². The maximum Gasteiger partial charge on any atom is 0.162 e. The van der Waals surface area contributed by atoms with E-state index in [2.05, 4.69) is 36.4 Å². The molecule has 3 heteroatoms. The van der Waals surface area contributed by atoms with Crippen LogP contribution in [-0.4, -0.2) is 31.8 Å². The van der Waals surface area contributed by atoms with E-state index in [-0.39, 0.29) is 0 Å². The van der Waals surface area contributed by atoms with Gasteiger partial charge in [-0.3, -0.25) is 0 Å². The molecule has 20 heavy (non-hydrogen) atoms. The van der Waals surface area contributed by atoms with Crippen LogP contribution in [-0.2, 0) is 15.6 Å². The molecule has 1 aliphatic rings. The molecule has 0 N–H and O–H groups in total. The summed E-state index contributed by atoms with van der Waals surface area (Å²) >= 11 is 0. The molecule has 0 unspecified atom stereocenters. The van der Waals surface area contributed by atoms with Gasteiger partial charge in [0, 0.05) is 28.8 Å². The first kappa shape index (κ1) is 13.8. The standard InChI is InChI=1S/C17H21O2S/c1-18-10-11-19-16-8-9-17(20-12-4-5-13-20)15-7-3-2-6-14(15)16/h2-3,6-9H,4-5,10-13H2,1H3/q+1. The quantitative estimate of drug-likeness (QED) is 0.618. The predicted molar refractivity (Wildman–Crippen MR) is 85.9 cm³/mol. The van der Waals surface area contributed by atoms with E-state index in [1.165, 1.54) is 40.0 Å². The van der Waals surface area contributed by atoms with Crippen molar-refractivity contribution in [2.24, 2.45) is 0 Å². The zero-order valence-electron chi connectivity index (χ0n) is 11.9. The largest absolute Gasteiger partial charge is 0.491 e. The van der Waals surface area contributed by atoms with Crippen molar-refractivity contribution in [3.8, 4) is 5.75 Å². The molecule has 0 aliphatic carbocycles. The van der Waals surface area contributed by atoms with Gasteiger partial charge in [0.2, 0.25) is 0 Å². The van der Waals surface area contributed by atoms with Crippen LogP contribution in [0, 0.1) is 0 Å².